The number of nitrogens with one attached hydrogen (secondary N) is 1. The van der Waals surface area contributed by atoms with Gasteiger partial charge in [-0.2, -0.15) is 12.6 Å². The van der Waals surface area contributed by atoms with E-state index < -0.39 is 30.0 Å². The van der Waals surface area contributed by atoms with Crippen molar-refractivity contribution < 1.29 is 34.4 Å². The Morgan fingerprint density at radius 1 is 1.57 bits per heavy atom. The molecular weight excluding hydrogens is 302 g/mol. The van der Waals surface area contributed by atoms with Crippen molar-refractivity contribution >= 4 is 24.5 Å². The molecule has 1 aliphatic heterocycles. The van der Waals surface area contributed by atoms with Crippen molar-refractivity contribution in [1.29, 1.82) is 0 Å². The Bertz CT molecular complexity index is 381. The van der Waals surface area contributed by atoms with Crippen LogP contribution in [0.3, 0.4) is 0 Å². The number of carbonyl (C=O) groups is 2. The van der Waals surface area contributed by atoms with E-state index in [-0.39, 0.29) is 37.5 Å². The van der Waals surface area contributed by atoms with Crippen LogP contribution in [0.1, 0.15) is 19.3 Å². The largest absolute Gasteiger partial charge is 0.465 e. The molecule has 1 rings (SSSR count). The Balaban J connectivity index is 2.87. The molecule has 9 heteroatoms. The Kier molecular flexibility index (Phi) is 6.88. The third-order valence-corrected chi connectivity index (χ3v) is 3.61. The summed E-state index contributed by atoms with van der Waals surface area (Å²) in [5, 5.41) is 31.6. The highest BCUT2D eigenvalue weighted by Crippen LogP contribution is 2.30. The molecular formula is C12H21NO7S. The van der Waals surface area contributed by atoms with Gasteiger partial charge in [0.05, 0.1) is 25.0 Å². The fourth-order valence-electron chi connectivity index (χ4n) is 2.24. The van der Waals surface area contributed by atoms with Crippen LogP contribution in [-0.2, 0) is 19.1 Å². The molecule has 0 aromatic carbocycles. The number of hydrogen-bond acceptors (Lipinski definition) is 8. The van der Waals surface area contributed by atoms with Crippen molar-refractivity contribution in [3.63, 3.8) is 0 Å². The molecule has 4 atom stereocenters. The molecule has 0 bridgehead atoms. The maximum Gasteiger partial charge on any atom is 0.366 e. The Morgan fingerprint density at radius 2 is 2.24 bits per heavy atom. The molecule has 0 aromatic rings. The molecule has 4 N–H and O–H groups in total. The van der Waals surface area contributed by atoms with E-state index in [0.29, 0.717) is 0 Å². The minimum Gasteiger partial charge on any atom is -0.465 e. The van der Waals surface area contributed by atoms with E-state index in [9.17, 15) is 19.8 Å². The van der Waals surface area contributed by atoms with Gasteiger partial charge in [0, 0.05) is 13.0 Å². The van der Waals surface area contributed by atoms with Gasteiger partial charge in [-0.15, -0.1) is 0 Å². The minimum atomic E-state index is -2.17. The first-order chi connectivity index (χ1) is 9.87. The monoisotopic (exact) mass is 323 g/mol. The first-order valence-electron chi connectivity index (χ1n) is 6.55. The summed E-state index contributed by atoms with van der Waals surface area (Å²) >= 11 is 3.84. The maximum absolute atomic E-state index is 11.6. The fraction of sp³-hybridized carbons (Fsp3) is 0.833. The summed E-state index contributed by atoms with van der Waals surface area (Å²) in [6, 6.07) is -0.601. The summed E-state index contributed by atoms with van der Waals surface area (Å²) < 4.78 is 9.75. The molecule has 0 saturated carbocycles. The molecule has 0 aliphatic carbocycles. The van der Waals surface area contributed by atoms with Crippen LogP contribution in [-0.4, -0.2) is 70.7 Å². The van der Waals surface area contributed by atoms with Crippen LogP contribution in [0.15, 0.2) is 0 Å². The highest BCUT2D eigenvalue weighted by molar-refractivity contribution is 7.81. The molecule has 21 heavy (non-hydrogen) atoms. The van der Waals surface area contributed by atoms with Crippen LogP contribution in [0.4, 0.5) is 0 Å². The van der Waals surface area contributed by atoms with E-state index in [0.717, 1.165) is 7.11 Å². The quantitative estimate of drug-likeness (QED) is 0.288. The highest BCUT2D eigenvalue weighted by Gasteiger charge is 2.49. The van der Waals surface area contributed by atoms with E-state index in [1.165, 1.54) is 0 Å². The van der Waals surface area contributed by atoms with Crippen LogP contribution < -0.4 is 5.32 Å². The zero-order valence-corrected chi connectivity index (χ0v) is 12.6. The summed E-state index contributed by atoms with van der Waals surface area (Å²) in [5.41, 5.74) is 0. The van der Waals surface area contributed by atoms with Gasteiger partial charge < -0.3 is 30.1 Å². The summed E-state index contributed by atoms with van der Waals surface area (Å²) in [6.07, 6.45) is -2.09. The van der Waals surface area contributed by atoms with Crippen molar-refractivity contribution in [2.75, 3.05) is 19.5 Å². The lowest BCUT2D eigenvalue weighted by molar-refractivity contribution is -0.275. The molecule has 3 unspecified atom stereocenters. The first-order valence-corrected chi connectivity index (χ1v) is 7.19. The second-order valence-corrected chi connectivity index (χ2v) is 5.13. The number of rotatable bonds is 6. The van der Waals surface area contributed by atoms with E-state index in [1.54, 1.807) is 0 Å². The van der Waals surface area contributed by atoms with E-state index in [2.05, 4.69) is 22.7 Å². The summed E-state index contributed by atoms with van der Waals surface area (Å²) in [5.74, 6) is -3.54. The smallest absolute Gasteiger partial charge is 0.366 e. The van der Waals surface area contributed by atoms with Gasteiger partial charge in [-0.1, -0.05) is 0 Å². The molecule has 0 aromatic heterocycles. The molecule has 8 nitrogen and oxygen atoms in total. The van der Waals surface area contributed by atoms with Gasteiger partial charge in [-0.05, 0) is 12.8 Å². The molecule has 1 fully saturated rings. The van der Waals surface area contributed by atoms with Crippen LogP contribution >= 0.6 is 12.6 Å². The number of thiol groups is 1. The van der Waals surface area contributed by atoms with Gasteiger partial charge in [0.15, 0.2) is 0 Å². The first kappa shape index (κ1) is 18.2. The number of methoxy groups -OCH3 is 1. The van der Waals surface area contributed by atoms with Gasteiger partial charge in [0.1, 0.15) is 6.10 Å². The molecule has 1 amide bonds. The van der Waals surface area contributed by atoms with Crippen LogP contribution in [0.5, 0.6) is 0 Å². The van der Waals surface area contributed by atoms with Crippen molar-refractivity contribution in [2.24, 2.45) is 0 Å². The molecule has 122 valence electrons. The fourth-order valence-corrected chi connectivity index (χ4v) is 2.33. The third kappa shape index (κ3) is 4.55. The molecule has 0 spiro atoms. The lowest BCUT2D eigenvalue weighted by atomic mass is 9.92. The zero-order valence-electron chi connectivity index (χ0n) is 11.7. The summed E-state index contributed by atoms with van der Waals surface area (Å²) in [7, 11) is 1.11. The third-order valence-electron chi connectivity index (χ3n) is 3.32. The predicted octanol–water partition coefficient (Wildman–Crippen LogP) is -1.82. The van der Waals surface area contributed by atoms with E-state index in [1.807, 2.05) is 0 Å². The van der Waals surface area contributed by atoms with Crippen molar-refractivity contribution in [1.82, 2.24) is 5.32 Å². The second-order valence-electron chi connectivity index (χ2n) is 4.81. The van der Waals surface area contributed by atoms with E-state index in [4.69, 9.17) is 9.84 Å². The number of hydrogen-bond donors (Lipinski definition) is 5. The Morgan fingerprint density at radius 3 is 2.76 bits per heavy atom. The summed E-state index contributed by atoms with van der Waals surface area (Å²) in [4.78, 5) is 23.0. The van der Waals surface area contributed by atoms with E-state index >= 15 is 0 Å². The Hall–Kier alpha value is -0.870. The average molecular weight is 323 g/mol. The Labute approximate surface area is 127 Å². The topological polar surface area (TPSA) is 125 Å². The van der Waals surface area contributed by atoms with Crippen LogP contribution in [0.25, 0.3) is 0 Å². The SMILES string of the molecule is COC(=O)C1(O)CCC(NC(=O)CS)C([C@@H](O)CCO)O1. The second kappa shape index (κ2) is 7.95. The zero-order chi connectivity index (χ0) is 16.0. The van der Waals surface area contributed by atoms with Gasteiger partial charge in [-0.3, -0.25) is 4.79 Å². The minimum absolute atomic E-state index is 0.0187. The molecule has 1 aliphatic rings. The van der Waals surface area contributed by atoms with Gasteiger partial charge >= 0.3 is 5.97 Å². The highest BCUT2D eigenvalue weighted by atomic mass is 32.1. The predicted molar refractivity (Wildman–Crippen MR) is 74.6 cm³/mol. The molecule has 1 saturated heterocycles. The van der Waals surface area contributed by atoms with Crippen molar-refractivity contribution in [3.05, 3.63) is 0 Å². The normalized spacial score (nSPS) is 30.5. The molecule has 1 heterocycles. The van der Waals surface area contributed by atoms with Crippen LogP contribution in [0, 0.1) is 0 Å². The molecule has 0 radical (unpaired) electrons. The van der Waals surface area contributed by atoms with Crippen LogP contribution in [0.2, 0.25) is 0 Å². The number of amides is 1. The van der Waals surface area contributed by atoms with Crippen molar-refractivity contribution in [2.45, 2.75) is 43.3 Å². The standard InChI is InChI=1S/C12H21NO7S/c1-19-11(17)12(18)4-2-7(13-9(16)6-21)10(20-12)8(15)3-5-14/h7-8,10,14-15,18,21H,2-6H2,1H3,(H,13,16)/t7?,8-,10?,12?/m0/s1. The van der Waals surface area contributed by atoms with Gasteiger partial charge in [-0.25, -0.2) is 4.79 Å². The average Bonchev–Trinajstić information content (AvgIpc) is 2.48. The van der Waals surface area contributed by atoms with Gasteiger partial charge in [0.25, 0.3) is 5.79 Å². The maximum atomic E-state index is 11.6. The number of esters is 1. The lowest BCUT2D eigenvalue weighted by Gasteiger charge is -2.41. The lowest BCUT2D eigenvalue weighted by Crippen LogP contribution is -2.60. The number of aliphatic hydroxyl groups excluding tert-OH is 2. The summed E-state index contributed by atoms with van der Waals surface area (Å²) in [6.45, 7) is -0.301. The number of ether oxygens (including phenoxy) is 2. The van der Waals surface area contributed by atoms with Gasteiger partial charge in [0.2, 0.25) is 5.91 Å². The van der Waals surface area contributed by atoms with Crippen molar-refractivity contribution in [3.8, 4) is 0 Å². The number of aliphatic hydroxyl groups is 3. The number of carbonyl (C=O) groups excluding carboxylic acids is 2.